The molecule has 0 atom stereocenters. The zero-order valence-electron chi connectivity index (χ0n) is 15.0. The lowest BCUT2D eigenvalue weighted by atomic mass is 10.0. The van der Waals surface area contributed by atoms with Crippen molar-refractivity contribution in [1.29, 1.82) is 0 Å². The Hall–Kier alpha value is -2.89. The summed E-state index contributed by atoms with van der Waals surface area (Å²) in [5.41, 5.74) is 2.84. The molecule has 0 unspecified atom stereocenters. The van der Waals surface area contributed by atoms with E-state index < -0.39 is 0 Å². The van der Waals surface area contributed by atoms with E-state index in [4.69, 9.17) is 0 Å². The second kappa shape index (κ2) is 7.56. The van der Waals surface area contributed by atoms with Crippen LogP contribution in [0.1, 0.15) is 29.8 Å². The Bertz CT molecular complexity index is 816. The summed E-state index contributed by atoms with van der Waals surface area (Å²) in [5.74, 6) is -0.360. The summed E-state index contributed by atoms with van der Waals surface area (Å²) in [4.78, 5) is 28.8. The summed E-state index contributed by atoms with van der Waals surface area (Å²) in [7, 11) is 0. The average Bonchev–Trinajstić information content (AvgIpc) is 3.08. The van der Waals surface area contributed by atoms with Crippen LogP contribution in [0.25, 0.3) is 0 Å². The number of nitrogens with one attached hydrogen (secondary N) is 1. The molecule has 0 aliphatic carbocycles. The van der Waals surface area contributed by atoms with Gasteiger partial charge in [-0.3, -0.25) is 9.69 Å². The van der Waals surface area contributed by atoms with Gasteiger partial charge in [0.1, 0.15) is 5.82 Å². The molecule has 3 rings (SSSR count). The quantitative estimate of drug-likeness (QED) is 0.904. The molecule has 26 heavy (non-hydrogen) atoms. The van der Waals surface area contributed by atoms with Crippen LogP contribution in [0.5, 0.6) is 0 Å². The highest BCUT2D eigenvalue weighted by molar-refractivity contribution is 6.05. The van der Waals surface area contributed by atoms with Crippen LogP contribution in [-0.2, 0) is 6.42 Å². The van der Waals surface area contributed by atoms with Crippen molar-refractivity contribution in [2.45, 2.75) is 20.3 Å². The Balaban J connectivity index is 1.83. The van der Waals surface area contributed by atoms with Crippen LogP contribution in [0.15, 0.2) is 42.5 Å². The summed E-state index contributed by atoms with van der Waals surface area (Å²) in [6, 6.07) is 10.8. The van der Waals surface area contributed by atoms with Crippen LogP contribution in [0.3, 0.4) is 0 Å². The lowest BCUT2D eigenvalue weighted by Gasteiger charge is -2.21. The third kappa shape index (κ3) is 3.40. The molecule has 0 spiro atoms. The molecule has 136 valence electrons. The van der Waals surface area contributed by atoms with Gasteiger partial charge in [-0.15, -0.1) is 0 Å². The number of rotatable bonds is 4. The number of anilines is 2. The Kier molecular flexibility index (Phi) is 5.21. The average molecular weight is 355 g/mol. The number of nitrogens with zero attached hydrogens (tertiary/aromatic N) is 2. The Labute approximate surface area is 152 Å². The van der Waals surface area contributed by atoms with Crippen molar-refractivity contribution in [1.82, 2.24) is 4.90 Å². The summed E-state index contributed by atoms with van der Waals surface area (Å²) >= 11 is 0. The maximum atomic E-state index is 13.0. The van der Waals surface area contributed by atoms with Crippen LogP contribution in [-0.4, -0.2) is 36.5 Å². The first kappa shape index (κ1) is 17.9. The second-order valence-electron chi connectivity index (χ2n) is 6.12. The number of urea groups is 1. The first-order chi connectivity index (χ1) is 12.5. The molecule has 0 saturated heterocycles. The fourth-order valence-corrected chi connectivity index (χ4v) is 3.25. The highest BCUT2D eigenvalue weighted by atomic mass is 19.1. The van der Waals surface area contributed by atoms with Crippen molar-refractivity contribution < 1.29 is 14.0 Å². The SMILES string of the molecule is CCN(CC)C(=O)c1cccc2c1CCN2C(=O)Nc1ccc(F)cc1. The Morgan fingerprint density at radius 1 is 1.12 bits per heavy atom. The summed E-state index contributed by atoms with van der Waals surface area (Å²) in [6.07, 6.45) is 0.634. The topological polar surface area (TPSA) is 52.7 Å². The van der Waals surface area contributed by atoms with Crippen molar-refractivity contribution in [3.8, 4) is 0 Å². The monoisotopic (exact) mass is 355 g/mol. The van der Waals surface area contributed by atoms with E-state index in [-0.39, 0.29) is 17.8 Å². The van der Waals surface area contributed by atoms with Gasteiger partial charge in [0.2, 0.25) is 0 Å². The number of amides is 3. The molecule has 0 radical (unpaired) electrons. The molecule has 0 bridgehead atoms. The number of halogens is 1. The van der Waals surface area contributed by atoms with E-state index in [9.17, 15) is 14.0 Å². The van der Waals surface area contributed by atoms with Gasteiger partial charge < -0.3 is 10.2 Å². The van der Waals surface area contributed by atoms with Gasteiger partial charge in [0, 0.05) is 36.6 Å². The first-order valence-electron chi connectivity index (χ1n) is 8.80. The van der Waals surface area contributed by atoms with Crippen molar-refractivity contribution in [3.05, 3.63) is 59.4 Å². The lowest BCUT2D eigenvalue weighted by Crippen LogP contribution is -2.33. The van der Waals surface area contributed by atoms with Gasteiger partial charge in [0.15, 0.2) is 0 Å². The van der Waals surface area contributed by atoms with Crippen molar-refractivity contribution >= 4 is 23.3 Å². The largest absolute Gasteiger partial charge is 0.339 e. The molecule has 3 amide bonds. The van der Waals surface area contributed by atoms with E-state index in [0.29, 0.717) is 37.3 Å². The van der Waals surface area contributed by atoms with E-state index in [1.165, 1.54) is 24.3 Å². The maximum Gasteiger partial charge on any atom is 0.326 e. The minimum atomic E-state index is -0.353. The summed E-state index contributed by atoms with van der Waals surface area (Å²) in [5, 5.41) is 2.77. The number of hydrogen-bond donors (Lipinski definition) is 1. The zero-order chi connectivity index (χ0) is 18.7. The van der Waals surface area contributed by atoms with Crippen LogP contribution >= 0.6 is 0 Å². The zero-order valence-corrected chi connectivity index (χ0v) is 15.0. The minimum Gasteiger partial charge on any atom is -0.339 e. The van der Waals surface area contributed by atoms with E-state index in [1.807, 2.05) is 26.0 Å². The molecule has 2 aromatic carbocycles. The van der Waals surface area contributed by atoms with Crippen molar-refractivity contribution in [3.63, 3.8) is 0 Å². The third-order valence-electron chi connectivity index (χ3n) is 4.65. The number of hydrogen-bond acceptors (Lipinski definition) is 2. The van der Waals surface area contributed by atoms with Gasteiger partial charge in [0.25, 0.3) is 5.91 Å². The number of benzene rings is 2. The smallest absolute Gasteiger partial charge is 0.326 e. The summed E-state index contributed by atoms with van der Waals surface area (Å²) in [6.45, 7) is 5.70. The van der Waals surface area contributed by atoms with E-state index in [0.717, 1.165) is 11.3 Å². The maximum absolute atomic E-state index is 13.0. The van der Waals surface area contributed by atoms with Crippen molar-refractivity contribution in [2.75, 3.05) is 29.9 Å². The first-order valence-corrected chi connectivity index (χ1v) is 8.80. The van der Waals surface area contributed by atoms with Gasteiger partial charge in [-0.05, 0) is 62.2 Å². The molecule has 0 aromatic heterocycles. The van der Waals surface area contributed by atoms with Gasteiger partial charge >= 0.3 is 6.03 Å². The predicted octanol–water partition coefficient (Wildman–Crippen LogP) is 3.90. The molecule has 1 aliphatic rings. The fraction of sp³-hybridized carbons (Fsp3) is 0.300. The van der Waals surface area contributed by atoms with Crippen molar-refractivity contribution in [2.24, 2.45) is 0 Å². The number of fused-ring (bicyclic) bond motifs is 1. The molecule has 1 aliphatic heterocycles. The lowest BCUT2D eigenvalue weighted by molar-refractivity contribution is 0.0772. The van der Waals surface area contributed by atoms with Gasteiger partial charge in [0.05, 0.1) is 0 Å². The van der Waals surface area contributed by atoms with Crippen LogP contribution in [0, 0.1) is 5.82 Å². The molecular formula is C20H22FN3O2. The molecule has 5 nitrogen and oxygen atoms in total. The molecular weight excluding hydrogens is 333 g/mol. The molecule has 1 N–H and O–H groups in total. The van der Waals surface area contributed by atoms with Crippen LogP contribution in [0.4, 0.5) is 20.6 Å². The highest BCUT2D eigenvalue weighted by Gasteiger charge is 2.29. The number of carbonyl (C=O) groups excluding carboxylic acids is 2. The summed E-state index contributed by atoms with van der Waals surface area (Å²) < 4.78 is 13.0. The van der Waals surface area contributed by atoms with Crippen LogP contribution < -0.4 is 10.2 Å². The normalized spacial score (nSPS) is 12.7. The second-order valence-corrected chi connectivity index (χ2v) is 6.12. The van der Waals surface area contributed by atoms with Crippen LogP contribution in [0.2, 0.25) is 0 Å². The fourth-order valence-electron chi connectivity index (χ4n) is 3.25. The third-order valence-corrected chi connectivity index (χ3v) is 4.65. The van der Waals surface area contributed by atoms with E-state index in [1.54, 1.807) is 15.9 Å². The molecule has 6 heteroatoms. The molecule has 1 heterocycles. The number of carbonyl (C=O) groups is 2. The highest BCUT2D eigenvalue weighted by Crippen LogP contribution is 2.32. The van der Waals surface area contributed by atoms with Gasteiger partial charge in [-0.2, -0.15) is 0 Å². The van der Waals surface area contributed by atoms with E-state index >= 15 is 0 Å². The van der Waals surface area contributed by atoms with E-state index in [2.05, 4.69) is 5.32 Å². The molecule has 2 aromatic rings. The minimum absolute atomic E-state index is 0.00681. The standard InChI is InChI=1S/C20H22FN3O2/c1-3-23(4-2)19(25)17-6-5-7-18-16(17)12-13-24(18)20(26)22-15-10-8-14(21)9-11-15/h5-11H,3-4,12-13H2,1-2H3,(H,22,26). The molecule has 0 fully saturated rings. The predicted molar refractivity (Wildman–Crippen MR) is 100 cm³/mol. The Morgan fingerprint density at radius 3 is 2.46 bits per heavy atom. The van der Waals surface area contributed by atoms with Gasteiger partial charge in [-0.1, -0.05) is 6.07 Å². The Morgan fingerprint density at radius 2 is 1.81 bits per heavy atom. The molecule has 0 saturated carbocycles. The van der Waals surface area contributed by atoms with Gasteiger partial charge in [-0.25, -0.2) is 9.18 Å².